The number of nitrogens with zero attached hydrogens (tertiary/aromatic N) is 6. The standard InChI is InChI=1S/C57H69F3N10O7S/c1-33-48(78-32-62-33)35-17-18-36(26-61-50(73)42-23-39(71)31-69(42)52(75)49(54(2,3)4)65-53(76)56(58)19-20-56)43(22-35)77-21-13-8-6-7-12-16-45(72)68-28-37(29-68)47(34-14-10-9-11-15-34)70-30-38(27-63-70)64-51(74)46-40-24-44-55(5,57(44,59)60)25-41(40)66-67-46/h9-11,14-15,17-18,22,27,30,32,37,39,42,44,47,49,71H,6-8,12-13,16,19-21,23-26,28-29,31H2,1-5H3,(H,61,73)(H,64,74)(H,65,76)(H,66,67)/t39-,42+,44+,47-,49?,55-/m1/s1. The molecule has 0 bridgehead atoms. The number of aryl methyl sites for hydroxylation is 1. The van der Waals surface area contributed by atoms with E-state index in [1.807, 2.05) is 65.0 Å². The van der Waals surface area contributed by atoms with Crippen LogP contribution in [0.3, 0.4) is 0 Å². The molecule has 4 fully saturated rings. The number of ether oxygens (including phenoxy) is 1. The van der Waals surface area contributed by atoms with Crippen LogP contribution in [0.25, 0.3) is 10.4 Å². The molecular weight excluding hydrogens is 1030 g/mol. The molecule has 2 aromatic carbocycles. The summed E-state index contributed by atoms with van der Waals surface area (Å²) in [7, 11) is 0. The maximum Gasteiger partial charge on any atom is 0.276 e. The number of aromatic nitrogens is 5. The van der Waals surface area contributed by atoms with Gasteiger partial charge in [0, 0.05) is 85.7 Å². The van der Waals surface area contributed by atoms with Gasteiger partial charge in [-0.25, -0.2) is 18.2 Å². The van der Waals surface area contributed by atoms with Gasteiger partial charge in [0.25, 0.3) is 17.7 Å². The highest BCUT2D eigenvalue weighted by Crippen LogP contribution is 2.70. The van der Waals surface area contributed by atoms with Crippen LogP contribution in [0.4, 0.5) is 18.9 Å². The van der Waals surface area contributed by atoms with Gasteiger partial charge >= 0.3 is 0 Å². The zero-order chi connectivity index (χ0) is 55.3. The van der Waals surface area contributed by atoms with Gasteiger partial charge in [0.2, 0.25) is 17.7 Å². The number of hydrogen-bond acceptors (Lipinski definition) is 11. The first-order chi connectivity index (χ1) is 37.1. The van der Waals surface area contributed by atoms with Gasteiger partial charge in [0.1, 0.15) is 17.8 Å². The van der Waals surface area contributed by atoms with Crippen LogP contribution < -0.4 is 20.7 Å². The lowest BCUT2D eigenvalue weighted by Crippen LogP contribution is -2.59. The Balaban J connectivity index is 0.681. The number of aliphatic hydroxyl groups is 1. The molecule has 2 saturated heterocycles. The first-order valence-corrected chi connectivity index (χ1v) is 28.1. The Labute approximate surface area is 455 Å². The molecule has 5 heterocycles. The number of alkyl halides is 3. The first kappa shape index (κ1) is 54.7. The van der Waals surface area contributed by atoms with Gasteiger partial charge in [-0.3, -0.25) is 33.8 Å². The molecule has 21 heteroatoms. The van der Waals surface area contributed by atoms with Crippen molar-refractivity contribution in [3.8, 4) is 16.2 Å². The van der Waals surface area contributed by atoms with Crippen LogP contribution in [0, 0.1) is 29.6 Å². The first-order valence-electron chi connectivity index (χ1n) is 27.2. The Morgan fingerprint density at radius 3 is 2.45 bits per heavy atom. The van der Waals surface area contributed by atoms with E-state index in [-0.39, 0.29) is 68.8 Å². The van der Waals surface area contributed by atoms with E-state index in [2.05, 4.69) is 36.2 Å². The minimum Gasteiger partial charge on any atom is -0.493 e. The molecule has 2 aliphatic heterocycles. The van der Waals surface area contributed by atoms with Crippen molar-refractivity contribution in [1.29, 1.82) is 0 Å². The van der Waals surface area contributed by atoms with Crippen molar-refractivity contribution >= 4 is 46.6 Å². The Morgan fingerprint density at radius 1 is 0.987 bits per heavy atom. The van der Waals surface area contributed by atoms with Crippen LogP contribution in [-0.2, 0) is 38.6 Å². The predicted molar refractivity (Wildman–Crippen MR) is 285 cm³/mol. The van der Waals surface area contributed by atoms with Gasteiger partial charge in [-0.15, -0.1) is 11.3 Å². The fourth-order valence-electron chi connectivity index (χ4n) is 11.6. The minimum atomic E-state index is -2.77. The molecule has 78 heavy (non-hydrogen) atoms. The summed E-state index contributed by atoms with van der Waals surface area (Å²) in [5.74, 6) is -5.15. The van der Waals surface area contributed by atoms with Crippen molar-refractivity contribution in [2.24, 2.45) is 22.7 Å². The number of nitrogens with one attached hydrogen (secondary N) is 4. The maximum atomic E-state index is 14.7. The molecule has 0 radical (unpaired) electrons. The van der Waals surface area contributed by atoms with Gasteiger partial charge in [-0.1, -0.05) is 89.4 Å². The number of carbonyl (C=O) groups excluding carboxylic acids is 5. The number of aliphatic hydroxyl groups excluding tert-OH is 1. The van der Waals surface area contributed by atoms with E-state index in [1.165, 1.54) is 16.2 Å². The number of benzene rings is 2. The highest BCUT2D eigenvalue weighted by atomic mass is 32.1. The van der Waals surface area contributed by atoms with Crippen LogP contribution in [0.1, 0.15) is 130 Å². The van der Waals surface area contributed by atoms with Crippen molar-refractivity contribution in [1.82, 2.24) is 45.4 Å². The Bertz CT molecular complexity index is 3060. The molecule has 0 spiro atoms. The number of fused-ring (bicyclic) bond motifs is 2. The SMILES string of the molecule is Cc1ncsc1-c1ccc(CNC(=O)[C@@H]2C[C@@H](O)CN2C(=O)C(NC(=O)C2(F)CC2)C(C)(C)C)c(OCCCCCCCC(=O)N2CC([C@@H](c3ccccc3)n3cc(NC(=O)c4n[nH]c5c4C[C@@H]4C(F)(F)[C@]4(C)C5)cn3)C2)c1. The number of thiazole rings is 1. The lowest BCUT2D eigenvalue weighted by molar-refractivity contribution is -0.145. The van der Waals surface area contributed by atoms with Gasteiger partial charge in [0.05, 0.1) is 46.7 Å². The quantitative estimate of drug-likeness (QED) is 0.0451. The van der Waals surface area contributed by atoms with Crippen LogP contribution >= 0.6 is 11.3 Å². The summed E-state index contributed by atoms with van der Waals surface area (Å²) in [5.41, 5.74) is 3.15. The van der Waals surface area contributed by atoms with Crippen molar-refractivity contribution in [3.63, 3.8) is 0 Å². The largest absolute Gasteiger partial charge is 0.493 e. The Hall–Kier alpha value is -6.61. The monoisotopic (exact) mass is 1090 g/mol. The summed E-state index contributed by atoms with van der Waals surface area (Å²) in [5, 5.41) is 30.8. The highest BCUT2D eigenvalue weighted by molar-refractivity contribution is 7.13. The van der Waals surface area contributed by atoms with E-state index in [0.29, 0.717) is 48.8 Å². The normalized spacial score (nSPS) is 22.6. The zero-order valence-corrected chi connectivity index (χ0v) is 45.6. The van der Waals surface area contributed by atoms with Crippen molar-refractivity contribution < 1.29 is 47.0 Å². The van der Waals surface area contributed by atoms with E-state index in [1.54, 1.807) is 45.6 Å². The van der Waals surface area contributed by atoms with Crippen molar-refractivity contribution in [3.05, 3.63) is 100 Å². The molecule has 17 nitrogen and oxygen atoms in total. The molecule has 10 rings (SSSR count). The van der Waals surface area contributed by atoms with Gasteiger partial charge < -0.3 is 35.6 Å². The fourth-order valence-corrected chi connectivity index (χ4v) is 12.4. The third-order valence-corrected chi connectivity index (χ3v) is 17.6. The second-order valence-electron chi connectivity index (χ2n) is 23.4. The molecule has 416 valence electrons. The van der Waals surface area contributed by atoms with Crippen LogP contribution in [0.15, 0.2) is 66.4 Å². The summed E-state index contributed by atoms with van der Waals surface area (Å²) in [4.78, 5) is 75.9. The number of β-amino-alcohol motifs (C(OH)–C–C–N with tert-alkyl or cyclic N) is 1. The number of halogens is 3. The maximum absolute atomic E-state index is 14.7. The number of hydrogen-bond donors (Lipinski definition) is 5. The fraction of sp³-hybridized carbons (Fsp3) is 0.544. The second kappa shape index (κ2) is 21.6. The summed E-state index contributed by atoms with van der Waals surface area (Å²) in [6.07, 6.45) is 7.42. The van der Waals surface area contributed by atoms with E-state index in [4.69, 9.17) is 4.74 Å². The zero-order valence-electron chi connectivity index (χ0n) is 44.8. The molecule has 6 atom stereocenters. The topological polar surface area (TPSA) is 217 Å². The van der Waals surface area contributed by atoms with Crippen LogP contribution in [-0.4, -0.2) is 125 Å². The van der Waals surface area contributed by atoms with E-state index in [9.17, 15) is 42.3 Å². The predicted octanol–water partition coefficient (Wildman–Crippen LogP) is 7.74. The van der Waals surface area contributed by atoms with Crippen molar-refractivity contribution in [2.75, 3.05) is 31.6 Å². The Morgan fingerprint density at radius 2 is 1.73 bits per heavy atom. The number of rotatable bonds is 21. The van der Waals surface area contributed by atoms with Gasteiger partial charge in [-0.05, 0) is 61.6 Å². The number of H-pyrrole nitrogens is 1. The number of carbonyl (C=O) groups is 5. The highest BCUT2D eigenvalue weighted by Gasteiger charge is 2.78. The molecule has 5 aliphatic rings. The second-order valence-corrected chi connectivity index (χ2v) is 24.2. The summed E-state index contributed by atoms with van der Waals surface area (Å²) < 4.78 is 52.0. The number of anilines is 1. The molecule has 2 saturated carbocycles. The summed E-state index contributed by atoms with van der Waals surface area (Å²) >= 11 is 1.52. The molecule has 1 unspecified atom stereocenters. The molecule has 3 aromatic heterocycles. The molecule has 5 amide bonds. The summed E-state index contributed by atoms with van der Waals surface area (Å²) in [6.45, 7) is 10.3. The smallest absolute Gasteiger partial charge is 0.276 e. The average Bonchev–Trinajstić information content (AvgIpc) is 3.99. The number of amides is 5. The Kier molecular flexibility index (Phi) is 15.1. The molecular formula is C57H69F3N10O7S. The number of aromatic amines is 1. The number of unbranched alkanes of at least 4 members (excludes halogenated alkanes) is 4. The van der Waals surface area contributed by atoms with Crippen LogP contribution in [0.5, 0.6) is 5.75 Å². The molecule has 3 aliphatic carbocycles. The van der Waals surface area contributed by atoms with E-state index >= 15 is 0 Å². The van der Waals surface area contributed by atoms with Gasteiger partial charge in [-0.2, -0.15) is 10.2 Å². The average molecular weight is 1100 g/mol. The lowest BCUT2D eigenvalue weighted by atomic mass is 9.85. The third kappa shape index (κ3) is 11.0. The van der Waals surface area contributed by atoms with Gasteiger partial charge in [0.15, 0.2) is 11.4 Å². The molecule has 5 aromatic rings. The van der Waals surface area contributed by atoms with E-state index in [0.717, 1.165) is 59.4 Å². The molecule has 5 N–H and O–H groups in total. The van der Waals surface area contributed by atoms with Crippen molar-refractivity contribution in [2.45, 2.75) is 148 Å². The van der Waals surface area contributed by atoms with Crippen LogP contribution in [0.2, 0.25) is 0 Å². The van der Waals surface area contributed by atoms with E-state index < -0.39 is 70.2 Å². The number of likely N-dealkylation sites (tertiary alicyclic amines) is 2. The minimum absolute atomic E-state index is 0.0121. The third-order valence-electron chi connectivity index (χ3n) is 16.7. The lowest BCUT2D eigenvalue weighted by Gasteiger charge is -2.43. The summed E-state index contributed by atoms with van der Waals surface area (Å²) in [6, 6.07) is 13.4.